The number of rotatable bonds is 2. The van der Waals surface area contributed by atoms with E-state index in [1.54, 1.807) is 11.0 Å². The Morgan fingerprint density at radius 2 is 2.30 bits per heavy atom. The number of aryl methyl sites for hydroxylation is 1. The molecule has 6 heteroatoms. The Morgan fingerprint density at radius 3 is 2.95 bits per heavy atom. The highest BCUT2D eigenvalue weighted by molar-refractivity contribution is 7.80. The zero-order valence-electron chi connectivity index (χ0n) is 11.4. The van der Waals surface area contributed by atoms with Gasteiger partial charge < -0.3 is 16.0 Å². The molecule has 0 saturated carbocycles. The van der Waals surface area contributed by atoms with Crippen molar-refractivity contribution in [3.05, 3.63) is 28.8 Å². The van der Waals surface area contributed by atoms with Crippen LogP contribution in [0.4, 0.5) is 10.5 Å². The van der Waals surface area contributed by atoms with E-state index in [9.17, 15) is 4.79 Å². The number of nitrogens with two attached hydrogens (primary N) is 1. The van der Waals surface area contributed by atoms with Crippen LogP contribution in [0.25, 0.3) is 0 Å². The number of anilines is 1. The lowest BCUT2D eigenvalue weighted by Crippen LogP contribution is -2.45. The van der Waals surface area contributed by atoms with Crippen LogP contribution in [0.1, 0.15) is 18.4 Å². The molecule has 3 N–H and O–H groups in total. The lowest BCUT2D eigenvalue weighted by atomic mass is 9.98. The van der Waals surface area contributed by atoms with Gasteiger partial charge in [0.25, 0.3) is 0 Å². The minimum absolute atomic E-state index is 0.117. The Labute approximate surface area is 129 Å². The number of hydrogen-bond acceptors (Lipinski definition) is 2. The van der Waals surface area contributed by atoms with Gasteiger partial charge in [-0.05, 0) is 37.5 Å². The molecule has 2 amide bonds. The van der Waals surface area contributed by atoms with Crippen molar-refractivity contribution < 1.29 is 4.79 Å². The topological polar surface area (TPSA) is 58.4 Å². The molecule has 1 aromatic rings. The molecule has 0 radical (unpaired) electrons. The number of carbonyl (C=O) groups excluding carboxylic acids is 1. The van der Waals surface area contributed by atoms with Gasteiger partial charge >= 0.3 is 6.03 Å². The van der Waals surface area contributed by atoms with Gasteiger partial charge in [-0.3, -0.25) is 0 Å². The summed E-state index contributed by atoms with van der Waals surface area (Å²) in [5.41, 5.74) is 7.35. The molecule has 1 heterocycles. The van der Waals surface area contributed by atoms with Crippen LogP contribution >= 0.6 is 23.8 Å². The second-order valence-corrected chi connectivity index (χ2v) is 5.96. The lowest BCUT2D eigenvalue weighted by molar-refractivity contribution is 0.191. The van der Waals surface area contributed by atoms with E-state index in [1.165, 1.54) is 0 Å². The molecular formula is C14H18ClN3OS. The van der Waals surface area contributed by atoms with Crippen molar-refractivity contribution in [2.45, 2.75) is 19.8 Å². The van der Waals surface area contributed by atoms with Crippen LogP contribution in [0.3, 0.4) is 0 Å². The molecule has 0 bridgehead atoms. The van der Waals surface area contributed by atoms with Crippen LogP contribution in [0.15, 0.2) is 18.2 Å². The first kappa shape index (κ1) is 15.1. The number of hydrogen-bond donors (Lipinski definition) is 2. The summed E-state index contributed by atoms with van der Waals surface area (Å²) >= 11 is 11.1. The third-order valence-electron chi connectivity index (χ3n) is 3.53. The number of thiocarbonyl (C=S) groups is 1. The molecule has 20 heavy (non-hydrogen) atoms. The number of carbonyl (C=O) groups is 1. The van der Waals surface area contributed by atoms with Gasteiger partial charge in [0, 0.05) is 29.7 Å². The Morgan fingerprint density at radius 1 is 1.55 bits per heavy atom. The van der Waals surface area contributed by atoms with Crippen molar-refractivity contribution >= 4 is 40.5 Å². The van der Waals surface area contributed by atoms with Crippen molar-refractivity contribution in [3.8, 4) is 0 Å². The van der Waals surface area contributed by atoms with Crippen LogP contribution in [0, 0.1) is 12.8 Å². The monoisotopic (exact) mass is 311 g/mol. The second-order valence-electron chi connectivity index (χ2n) is 5.08. The molecule has 1 saturated heterocycles. The molecule has 1 fully saturated rings. The Kier molecular flexibility index (Phi) is 4.83. The van der Waals surface area contributed by atoms with Gasteiger partial charge in [0.15, 0.2) is 0 Å². The minimum Gasteiger partial charge on any atom is -0.393 e. The zero-order valence-corrected chi connectivity index (χ0v) is 12.9. The summed E-state index contributed by atoms with van der Waals surface area (Å²) in [5, 5.41) is 3.50. The first-order chi connectivity index (χ1) is 9.47. The quantitative estimate of drug-likeness (QED) is 0.825. The van der Waals surface area contributed by atoms with Crippen molar-refractivity contribution in [3.63, 3.8) is 0 Å². The average molecular weight is 312 g/mol. The van der Waals surface area contributed by atoms with Crippen molar-refractivity contribution in [2.75, 3.05) is 18.4 Å². The first-order valence-electron chi connectivity index (χ1n) is 6.59. The molecule has 4 nitrogen and oxygen atoms in total. The maximum absolute atomic E-state index is 12.2. The van der Waals surface area contributed by atoms with Crippen molar-refractivity contribution in [1.29, 1.82) is 0 Å². The average Bonchev–Trinajstić information content (AvgIpc) is 2.43. The number of halogens is 1. The molecule has 0 spiro atoms. The molecule has 1 unspecified atom stereocenters. The van der Waals surface area contributed by atoms with Crippen molar-refractivity contribution in [2.24, 2.45) is 11.7 Å². The van der Waals surface area contributed by atoms with E-state index >= 15 is 0 Å². The first-order valence-corrected chi connectivity index (χ1v) is 7.37. The largest absolute Gasteiger partial charge is 0.393 e. The second kappa shape index (κ2) is 6.41. The summed E-state index contributed by atoms with van der Waals surface area (Å²) in [6, 6.07) is 5.34. The third kappa shape index (κ3) is 3.61. The predicted octanol–water partition coefficient (Wildman–Crippen LogP) is 3.18. The number of amides is 2. The molecule has 1 atom stereocenters. The van der Waals surface area contributed by atoms with E-state index in [4.69, 9.17) is 29.6 Å². The van der Waals surface area contributed by atoms with E-state index < -0.39 is 0 Å². The highest BCUT2D eigenvalue weighted by atomic mass is 35.5. The van der Waals surface area contributed by atoms with Crippen LogP contribution in [0.5, 0.6) is 0 Å². The molecule has 0 aliphatic carbocycles. The van der Waals surface area contributed by atoms with Gasteiger partial charge in [0.1, 0.15) is 0 Å². The normalized spacial score (nSPS) is 18.7. The highest BCUT2D eigenvalue weighted by Crippen LogP contribution is 2.21. The van der Waals surface area contributed by atoms with E-state index in [0.29, 0.717) is 22.2 Å². The fourth-order valence-corrected chi connectivity index (χ4v) is 2.64. The molecule has 2 rings (SSSR count). The van der Waals surface area contributed by atoms with Gasteiger partial charge in [-0.15, -0.1) is 0 Å². The summed E-state index contributed by atoms with van der Waals surface area (Å²) in [7, 11) is 0. The van der Waals surface area contributed by atoms with Gasteiger partial charge in [-0.25, -0.2) is 4.79 Å². The standard InChI is InChI=1S/C14H18ClN3OS/c1-9-4-5-11(7-12(9)15)17-14(19)18-6-2-3-10(8-18)13(16)20/h4-5,7,10H,2-3,6,8H2,1H3,(H2,16,20)(H,17,19). The lowest BCUT2D eigenvalue weighted by Gasteiger charge is -2.32. The Balaban J connectivity index is 2.00. The molecule has 108 valence electrons. The van der Waals surface area contributed by atoms with Gasteiger partial charge in [0.2, 0.25) is 0 Å². The van der Waals surface area contributed by atoms with Crippen molar-refractivity contribution in [1.82, 2.24) is 4.90 Å². The van der Waals surface area contributed by atoms with E-state index in [2.05, 4.69) is 5.32 Å². The summed E-state index contributed by atoms with van der Waals surface area (Å²) in [4.78, 5) is 14.5. The maximum Gasteiger partial charge on any atom is 0.321 e. The fourth-order valence-electron chi connectivity index (χ4n) is 2.27. The number of nitrogens with one attached hydrogen (secondary N) is 1. The summed E-state index contributed by atoms with van der Waals surface area (Å²) in [5.74, 6) is 0.117. The molecule has 1 aliphatic rings. The number of likely N-dealkylation sites (tertiary alicyclic amines) is 1. The Bertz CT molecular complexity index is 535. The SMILES string of the molecule is Cc1ccc(NC(=O)N2CCCC(C(N)=S)C2)cc1Cl. The van der Waals surface area contributed by atoms with E-state index in [-0.39, 0.29) is 11.9 Å². The maximum atomic E-state index is 12.2. The van der Waals surface area contributed by atoms with Gasteiger partial charge in [0.05, 0.1) is 4.99 Å². The number of piperidine rings is 1. The number of nitrogens with zero attached hydrogens (tertiary/aromatic N) is 1. The van der Waals surface area contributed by atoms with E-state index in [0.717, 1.165) is 24.9 Å². The van der Waals surface area contributed by atoms with Crippen LogP contribution in [-0.2, 0) is 0 Å². The highest BCUT2D eigenvalue weighted by Gasteiger charge is 2.25. The fraction of sp³-hybridized carbons (Fsp3) is 0.429. The molecule has 1 aliphatic heterocycles. The molecule has 0 aromatic heterocycles. The third-order valence-corrected chi connectivity index (χ3v) is 4.27. The van der Waals surface area contributed by atoms with Gasteiger partial charge in [-0.2, -0.15) is 0 Å². The summed E-state index contributed by atoms with van der Waals surface area (Å²) in [6.07, 6.45) is 1.87. The van der Waals surface area contributed by atoms with Crippen LogP contribution < -0.4 is 11.1 Å². The number of benzene rings is 1. The summed E-state index contributed by atoms with van der Waals surface area (Å²) < 4.78 is 0. The summed E-state index contributed by atoms with van der Waals surface area (Å²) in [6.45, 7) is 3.23. The molecular weight excluding hydrogens is 294 g/mol. The van der Waals surface area contributed by atoms with Crippen LogP contribution in [0.2, 0.25) is 5.02 Å². The molecule has 1 aromatic carbocycles. The predicted molar refractivity (Wildman–Crippen MR) is 86.3 cm³/mol. The van der Waals surface area contributed by atoms with Gasteiger partial charge in [-0.1, -0.05) is 29.9 Å². The van der Waals surface area contributed by atoms with Crippen LogP contribution in [-0.4, -0.2) is 29.0 Å². The van der Waals surface area contributed by atoms with E-state index in [1.807, 2.05) is 19.1 Å². The minimum atomic E-state index is -0.133. The zero-order chi connectivity index (χ0) is 14.7. The smallest absolute Gasteiger partial charge is 0.321 e. The Hall–Kier alpha value is -1.33. The number of urea groups is 1.